The van der Waals surface area contributed by atoms with E-state index in [1.54, 1.807) is 35.2 Å². The topological polar surface area (TPSA) is 59.3 Å². The SMILES string of the molecule is O=C(N/N=C/c1cn(-c2ccccc2)nc1-c1ccc(Cl)cc1)c1ccccc1. The van der Waals surface area contributed by atoms with Gasteiger partial charge in [0.25, 0.3) is 5.91 Å². The van der Waals surface area contributed by atoms with Gasteiger partial charge >= 0.3 is 0 Å². The standard InChI is InChI=1S/C23H17ClN4O/c24-20-13-11-17(12-14-20)22-19(16-28(27-22)21-9-5-2-6-10-21)15-25-26-23(29)18-7-3-1-4-8-18/h1-16H,(H,26,29)/b25-15+. The number of benzene rings is 3. The third-order valence-corrected chi connectivity index (χ3v) is 4.54. The molecule has 6 heteroatoms. The monoisotopic (exact) mass is 400 g/mol. The first-order chi connectivity index (χ1) is 14.2. The van der Waals surface area contributed by atoms with Crippen molar-refractivity contribution in [2.75, 3.05) is 0 Å². The second kappa shape index (κ2) is 8.54. The molecule has 0 saturated heterocycles. The normalized spacial score (nSPS) is 10.9. The molecule has 0 saturated carbocycles. The van der Waals surface area contributed by atoms with Crippen molar-refractivity contribution in [2.24, 2.45) is 5.10 Å². The first kappa shape index (κ1) is 18.7. The van der Waals surface area contributed by atoms with Gasteiger partial charge in [-0.2, -0.15) is 10.2 Å². The number of hydrogen-bond donors (Lipinski definition) is 1. The summed E-state index contributed by atoms with van der Waals surface area (Å²) in [7, 11) is 0. The molecule has 1 aromatic heterocycles. The van der Waals surface area contributed by atoms with Gasteiger partial charge in [-0.1, -0.05) is 60.1 Å². The number of nitrogens with zero attached hydrogens (tertiary/aromatic N) is 3. The number of aromatic nitrogens is 2. The Morgan fingerprint density at radius 1 is 0.931 bits per heavy atom. The van der Waals surface area contributed by atoms with Crippen LogP contribution in [0.5, 0.6) is 0 Å². The molecule has 29 heavy (non-hydrogen) atoms. The van der Waals surface area contributed by atoms with Gasteiger partial charge in [0.15, 0.2) is 0 Å². The fourth-order valence-electron chi connectivity index (χ4n) is 2.84. The lowest BCUT2D eigenvalue weighted by molar-refractivity contribution is 0.0955. The molecule has 3 aromatic carbocycles. The Morgan fingerprint density at radius 3 is 2.28 bits per heavy atom. The van der Waals surface area contributed by atoms with E-state index in [0.717, 1.165) is 22.5 Å². The van der Waals surface area contributed by atoms with Crippen molar-refractivity contribution >= 4 is 23.7 Å². The zero-order valence-electron chi connectivity index (χ0n) is 15.4. The molecule has 1 heterocycles. The van der Waals surface area contributed by atoms with Crippen LogP contribution in [0.3, 0.4) is 0 Å². The third-order valence-electron chi connectivity index (χ3n) is 4.29. The van der Waals surface area contributed by atoms with Crippen LogP contribution in [0, 0.1) is 0 Å². The summed E-state index contributed by atoms with van der Waals surface area (Å²) >= 11 is 6.02. The Bertz CT molecular complexity index is 1140. The van der Waals surface area contributed by atoms with Crippen LogP contribution >= 0.6 is 11.6 Å². The maximum Gasteiger partial charge on any atom is 0.271 e. The van der Waals surface area contributed by atoms with Crippen LogP contribution in [0.25, 0.3) is 16.9 Å². The Morgan fingerprint density at radius 2 is 1.59 bits per heavy atom. The van der Waals surface area contributed by atoms with Crippen molar-refractivity contribution in [1.82, 2.24) is 15.2 Å². The predicted molar refractivity (Wildman–Crippen MR) is 116 cm³/mol. The van der Waals surface area contributed by atoms with E-state index in [1.165, 1.54) is 0 Å². The van der Waals surface area contributed by atoms with Gasteiger partial charge in [0.1, 0.15) is 5.69 Å². The molecule has 0 radical (unpaired) electrons. The Hall–Kier alpha value is -3.70. The second-order valence-corrected chi connectivity index (χ2v) is 6.72. The van der Waals surface area contributed by atoms with Crippen LogP contribution in [0.15, 0.2) is 96.2 Å². The molecular weight excluding hydrogens is 384 g/mol. The number of rotatable bonds is 5. The average molecular weight is 401 g/mol. The van der Waals surface area contributed by atoms with Gasteiger partial charge in [-0.15, -0.1) is 0 Å². The van der Waals surface area contributed by atoms with Gasteiger partial charge in [0.2, 0.25) is 0 Å². The molecule has 0 aliphatic heterocycles. The summed E-state index contributed by atoms with van der Waals surface area (Å²) in [4.78, 5) is 12.2. The summed E-state index contributed by atoms with van der Waals surface area (Å²) in [5.41, 5.74) is 6.44. The number of amides is 1. The second-order valence-electron chi connectivity index (χ2n) is 6.29. The van der Waals surface area contributed by atoms with Gasteiger partial charge in [0.05, 0.1) is 11.9 Å². The minimum absolute atomic E-state index is 0.273. The summed E-state index contributed by atoms with van der Waals surface area (Å²) in [6.07, 6.45) is 3.47. The first-order valence-corrected chi connectivity index (χ1v) is 9.38. The maximum absolute atomic E-state index is 12.2. The molecule has 0 fully saturated rings. The number of nitrogens with one attached hydrogen (secondary N) is 1. The molecule has 0 aliphatic carbocycles. The molecule has 0 spiro atoms. The van der Waals surface area contributed by atoms with Crippen molar-refractivity contribution in [2.45, 2.75) is 0 Å². The van der Waals surface area contributed by atoms with E-state index in [2.05, 4.69) is 10.5 Å². The number of para-hydroxylation sites is 1. The van der Waals surface area contributed by atoms with Crippen molar-refractivity contribution < 1.29 is 4.79 Å². The number of hydrazone groups is 1. The zero-order chi connectivity index (χ0) is 20.1. The molecule has 4 rings (SSSR count). The highest BCUT2D eigenvalue weighted by Gasteiger charge is 2.11. The van der Waals surface area contributed by atoms with Gasteiger partial charge in [-0.25, -0.2) is 10.1 Å². The fraction of sp³-hybridized carbons (Fsp3) is 0. The van der Waals surface area contributed by atoms with E-state index in [4.69, 9.17) is 16.7 Å². The Balaban J connectivity index is 1.64. The molecule has 1 N–H and O–H groups in total. The third kappa shape index (κ3) is 4.42. The van der Waals surface area contributed by atoms with Crippen molar-refractivity contribution in [3.8, 4) is 16.9 Å². The Labute approximate surface area is 173 Å². The van der Waals surface area contributed by atoms with E-state index < -0.39 is 0 Å². The van der Waals surface area contributed by atoms with Crippen LogP contribution in [-0.2, 0) is 0 Å². The number of halogens is 1. The molecule has 0 aliphatic rings. The summed E-state index contributed by atoms with van der Waals surface area (Å²) in [5.74, 6) is -0.273. The van der Waals surface area contributed by atoms with Crippen LogP contribution in [0.4, 0.5) is 0 Å². The fourth-order valence-corrected chi connectivity index (χ4v) is 2.97. The highest BCUT2D eigenvalue weighted by Crippen LogP contribution is 2.24. The van der Waals surface area contributed by atoms with E-state index >= 15 is 0 Å². The first-order valence-electron chi connectivity index (χ1n) is 9.00. The lowest BCUT2D eigenvalue weighted by atomic mass is 10.1. The smallest absolute Gasteiger partial charge is 0.267 e. The number of hydrogen-bond acceptors (Lipinski definition) is 3. The molecule has 0 unspecified atom stereocenters. The molecular formula is C23H17ClN4O. The molecule has 0 atom stereocenters. The lowest BCUT2D eigenvalue weighted by Crippen LogP contribution is -2.17. The van der Waals surface area contributed by atoms with Gasteiger partial charge in [0, 0.05) is 27.9 Å². The highest BCUT2D eigenvalue weighted by atomic mass is 35.5. The van der Waals surface area contributed by atoms with E-state index in [1.807, 2.05) is 66.9 Å². The van der Waals surface area contributed by atoms with Crippen LogP contribution in [0.1, 0.15) is 15.9 Å². The van der Waals surface area contributed by atoms with Crippen molar-refractivity contribution in [3.63, 3.8) is 0 Å². The lowest BCUT2D eigenvalue weighted by Gasteiger charge is -2.01. The Kier molecular flexibility index (Phi) is 5.49. The van der Waals surface area contributed by atoms with Crippen molar-refractivity contribution in [3.05, 3.63) is 107 Å². The largest absolute Gasteiger partial charge is 0.271 e. The minimum Gasteiger partial charge on any atom is -0.267 e. The maximum atomic E-state index is 12.2. The zero-order valence-corrected chi connectivity index (χ0v) is 16.1. The number of carbonyl (C=O) groups is 1. The number of carbonyl (C=O) groups excluding carboxylic acids is 1. The van der Waals surface area contributed by atoms with E-state index in [9.17, 15) is 4.79 Å². The molecule has 142 valence electrons. The summed E-state index contributed by atoms with van der Waals surface area (Å²) in [6.45, 7) is 0. The van der Waals surface area contributed by atoms with Gasteiger partial charge < -0.3 is 0 Å². The van der Waals surface area contributed by atoms with Crippen LogP contribution in [-0.4, -0.2) is 21.9 Å². The molecule has 0 bridgehead atoms. The summed E-state index contributed by atoms with van der Waals surface area (Å²) in [5, 5.41) is 9.48. The minimum atomic E-state index is -0.273. The molecule has 5 nitrogen and oxygen atoms in total. The van der Waals surface area contributed by atoms with E-state index in [-0.39, 0.29) is 5.91 Å². The predicted octanol–water partition coefficient (Wildman–Crippen LogP) is 4.96. The van der Waals surface area contributed by atoms with Crippen LogP contribution in [0.2, 0.25) is 5.02 Å². The van der Waals surface area contributed by atoms with Gasteiger partial charge in [-0.3, -0.25) is 4.79 Å². The highest BCUT2D eigenvalue weighted by molar-refractivity contribution is 6.30. The van der Waals surface area contributed by atoms with Gasteiger partial charge in [-0.05, 0) is 36.4 Å². The molecule has 1 amide bonds. The molecule has 4 aromatic rings. The average Bonchev–Trinajstić information content (AvgIpc) is 3.19. The summed E-state index contributed by atoms with van der Waals surface area (Å²) in [6, 6.07) is 26.2. The summed E-state index contributed by atoms with van der Waals surface area (Å²) < 4.78 is 1.78. The van der Waals surface area contributed by atoms with Crippen molar-refractivity contribution in [1.29, 1.82) is 0 Å². The van der Waals surface area contributed by atoms with E-state index in [0.29, 0.717) is 10.6 Å². The van der Waals surface area contributed by atoms with Crippen LogP contribution < -0.4 is 5.43 Å². The quantitative estimate of drug-likeness (QED) is 0.380.